The van der Waals surface area contributed by atoms with Crippen LogP contribution in [-0.4, -0.2) is 34.9 Å². The first-order chi connectivity index (χ1) is 7.22. The molecule has 1 heterocycles. The van der Waals surface area contributed by atoms with Gasteiger partial charge in [0.15, 0.2) is 5.82 Å². The summed E-state index contributed by atoms with van der Waals surface area (Å²) in [7, 11) is 1.69. The Kier molecular flexibility index (Phi) is 5.97. The largest absolute Gasteiger partial charge is 0.383 e. The molecule has 0 bridgehead atoms. The Morgan fingerprint density at radius 1 is 1.53 bits per heavy atom. The lowest BCUT2D eigenvalue weighted by molar-refractivity contribution is 0.211. The minimum Gasteiger partial charge on any atom is -0.383 e. The molecule has 0 spiro atoms. The molecule has 1 aromatic rings. The van der Waals surface area contributed by atoms with Crippen LogP contribution >= 0.6 is 23.3 Å². The predicted octanol–water partition coefficient (Wildman–Crippen LogP) is 2.24. The lowest BCUT2D eigenvalue weighted by Gasteiger charge is -2.00. The highest BCUT2D eigenvalue weighted by Crippen LogP contribution is 2.18. The summed E-state index contributed by atoms with van der Waals surface area (Å²) in [5.41, 5.74) is 0. The first-order valence-electron chi connectivity index (χ1n) is 4.89. The van der Waals surface area contributed by atoms with Crippen LogP contribution in [0.1, 0.15) is 19.7 Å². The summed E-state index contributed by atoms with van der Waals surface area (Å²) >= 11 is 3.27. The molecule has 1 rings (SSSR count). The van der Waals surface area contributed by atoms with Gasteiger partial charge in [0.1, 0.15) is 0 Å². The van der Waals surface area contributed by atoms with E-state index >= 15 is 0 Å². The van der Waals surface area contributed by atoms with E-state index in [4.69, 9.17) is 4.74 Å². The van der Waals surface area contributed by atoms with Gasteiger partial charge in [0.25, 0.3) is 0 Å². The molecule has 1 aromatic heterocycles. The van der Waals surface area contributed by atoms with Crippen molar-refractivity contribution in [3.8, 4) is 0 Å². The van der Waals surface area contributed by atoms with Gasteiger partial charge in [0, 0.05) is 25.2 Å². The summed E-state index contributed by atoms with van der Waals surface area (Å²) in [4.78, 5) is 4.37. The second kappa shape index (κ2) is 7.03. The Labute approximate surface area is 99.0 Å². The van der Waals surface area contributed by atoms with Crippen LogP contribution in [0.15, 0.2) is 0 Å². The number of aromatic nitrogens is 2. The molecule has 0 aliphatic rings. The van der Waals surface area contributed by atoms with Gasteiger partial charge in [0.05, 0.1) is 12.4 Å². The quantitative estimate of drug-likeness (QED) is 0.749. The van der Waals surface area contributed by atoms with Gasteiger partial charge in [-0.1, -0.05) is 13.8 Å². The topological polar surface area (TPSA) is 47.0 Å². The summed E-state index contributed by atoms with van der Waals surface area (Å²) in [5.74, 6) is 1.80. The first kappa shape index (κ1) is 12.7. The van der Waals surface area contributed by atoms with Gasteiger partial charge in [-0.2, -0.15) is 16.1 Å². The monoisotopic (exact) mass is 247 g/mol. The number of hydrogen-bond donors (Lipinski definition) is 1. The highest BCUT2D eigenvalue weighted by atomic mass is 32.2. The van der Waals surface area contributed by atoms with Gasteiger partial charge in [-0.25, -0.2) is 4.98 Å². The van der Waals surface area contributed by atoms with Crippen LogP contribution in [0.3, 0.4) is 0 Å². The number of nitrogens with one attached hydrogen (secondary N) is 1. The molecule has 0 atom stereocenters. The van der Waals surface area contributed by atoms with Gasteiger partial charge in [-0.05, 0) is 5.25 Å². The molecule has 0 amide bonds. The molecule has 0 saturated heterocycles. The van der Waals surface area contributed by atoms with E-state index in [1.165, 1.54) is 11.5 Å². The fourth-order valence-electron chi connectivity index (χ4n) is 0.886. The fraction of sp³-hybridized carbons (Fsp3) is 0.778. The SMILES string of the molecule is COCCNc1nc(CSC(C)C)ns1. The smallest absolute Gasteiger partial charge is 0.202 e. The van der Waals surface area contributed by atoms with Crippen molar-refractivity contribution in [2.24, 2.45) is 0 Å². The zero-order chi connectivity index (χ0) is 11.1. The molecule has 0 aromatic carbocycles. The third kappa shape index (κ3) is 5.34. The maximum Gasteiger partial charge on any atom is 0.202 e. The number of nitrogens with zero attached hydrogens (tertiary/aromatic N) is 2. The molecule has 0 unspecified atom stereocenters. The fourth-order valence-corrected chi connectivity index (χ4v) is 2.19. The molecule has 86 valence electrons. The maximum atomic E-state index is 4.94. The average Bonchev–Trinajstić information content (AvgIpc) is 2.63. The summed E-state index contributed by atoms with van der Waals surface area (Å²) in [5, 5.41) is 4.67. The van der Waals surface area contributed by atoms with E-state index in [0.717, 1.165) is 23.3 Å². The van der Waals surface area contributed by atoms with Gasteiger partial charge < -0.3 is 10.1 Å². The van der Waals surface area contributed by atoms with Crippen LogP contribution in [0.4, 0.5) is 5.13 Å². The molecule has 1 N–H and O–H groups in total. The van der Waals surface area contributed by atoms with E-state index in [-0.39, 0.29) is 0 Å². The van der Waals surface area contributed by atoms with Crippen molar-refractivity contribution >= 4 is 28.4 Å². The molecular formula is C9H17N3OS2. The lowest BCUT2D eigenvalue weighted by Crippen LogP contribution is -2.07. The van der Waals surface area contributed by atoms with Crippen LogP contribution < -0.4 is 5.32 Å². The summed E-state index contributed by atoms with van der Waals surface area (Å²) < 4.78 is 9.21. The van der Waals surface area contributed by atoms with E-state index in [2.05, 4.69) is 28.5 Å². The van der Waals surface area contributed by atoms with Crippen molar-refractivity contribution in [3.05, 3.63) is 5.82 Å². The van der Waals surface area contributed by atoms with Crippen LogP contribution in [0.2, 0.25) is 0 Å². The molecule has 0 radical (unpaired) electrons. The number of anilines is 1. The molecule has 15 heavy (non-hydrogen) atoms. The van der Waals surface area contributed by atoms with Crippen molar-refractivity contribution in [3.63, 3.8) is 0 Å². The average molecular weight is 247 g/mol. The van der Waals surface area contributed by atoms with Crippen molar-refractivity contribution in [2.45, 2.75) is 24.9 Å². The molecule has 4 nitrogen and oxygen atoms in total. The Hall–Kier alpha value is -0.330. The highest BCUT2D eigenvalue weighted by molar-refractivity contribution is 7.99. The Morgan fingerprint density at radius 3 is 3.00 bits per heavy atom. The second-order valence-electron chi connectivity index (χ2n) is 3.30. The standard InChI is InChI=1S/C9H17N3OS2/c1-7(2)14-6-8-11-9(15-12-8)10-4-5-13-3/h7H,4-6H2,1-3H3,(H,10,11,12). The molecular weight excluding hydrogens is 230 g/mol. The maximum absolute atomic E-state index is 4.94. The number of hydrogen-bond acceptors (Lipinski definition) is 6. The summed E-state index contributed by atoms with van der Waals surface area (Å²) in [6, 6.07) is 0. The lowest BCUT2D eigenvalue weighted by atomic mass is 10.6. The van der Waals surface area contributed by atoms with Gasteiger partial charge in [-0.3, -0.25) is 0 Å². The van der Waals surface area contributed by atoms with E-state index in [0.29, 0.717) is 11.9 Å². The molecule has 0 aliphatic heterocycles. The van der Waals surface area contributed by atoms with Crippen LogP contribution in [0.25, 0.3) is 0 Å². The predicted molar refractivity (Wildman–Crippen MR) is 66.7 cm³/mol. The Morgan fingerprint density at radius 2 is 2.33 bits per heavy atom. The number of rotatable bonds is 7. The number of ether oxygens (including phenoxy) is 1. The first-order valence-corrected chi connectivity index (χ1v) is 6.71. The van der Waals surface area contributed by atoms with Crippen LogP contribution in [0, 0.1) is 0 Å². The number of thioether (sulfide) groups is 1. The molecule has 0 saturated carbocycles. The van der Waals surface area contributed by atoms with Crippen molar-refractivity contribution in [1.29, 1.82) is 0 Å². The Balaban J connectivity index is 2.29. The summed E-state index contributed by atoms with van der Waals surface area (Å²) in [6.45, 7) is 5.82. The molecule has 0 fully saturated rings. The minimum absolute atomic E-state index is 0.624. The van der Waals surface area contributed by atoms with E-state index in [9.17, 15) is 0 Å². The second-order valence-corrected chi connectivity index (χ2v) is 5.61. The van der Waals surface area contributed by atoms with E-state index in [1.807, 2.05) is 11.8 Å². The summed E-state index contributed by atoms with van der Waals surface area (Å²) in [6.07, 6.45) is 0. The van der Waals surface area contributed by atoms with Crippen LogP contribution in [-0.2, 0) is 10.5 Å². The highest BCUT2D eigenvalue weighted by Gasteiger charge is 2.04. The van der Waals surface area contributed by atoms with Crippen molar-refractivity contribution in [2.75, 3.05) is 25.6 Å². The number of methoxy groups -OCH3 is 1. The van der Waals surface area contributed by atoms with E-state index < -0.39 is 0 Å². The molecule has 6 heteroatoms. The van der Waals surface area contributed by atoms with Gasteiger partial charge in [-0.15, -0.1) is 0 Å². The zero-order valence-electron chi connectivity index (χ0n) is 9.32. The van der Waals surface area contributed by atoms with Gasteiger partial charge >= 0.3 is 0 Å². The van der Waals surface area contributed by atoms with Crippen molar-refractivity contribution < 1.29 is 4.74 Å². The normalized spacial score (nSPS) is 10.9. The van der Waals surface area contributed by atoms with E-state index in [1.54, 1.807) is 7.11 Å². The minimum atomic E-state index is 0.624. The van der Waals surface area contributed by atoms with Gasteiger partial charge in [0.2, 0.25) is 5.13 Å². The van der Waals surface area contributed by atoms with Crippen LogP contribution in [0.5, 0.6) is 0 Å². The zero-order valence-corrected chi connectivity index (χ0v) is 11.0. The third-order valence-corrected chi connectivity index (χ3v) is 3.40. The Bertz CT molecular complexity index is 278. The third-order valence-electron chi connectivity index (χ3n) is 1.60. The van der Waals surface area contributed by atoms with Crippen molar-refractivity contribution in [1.82, 2.24) is 9.36 Å². The molecule has 0 aliphatic carbocycles.